The lowest BCUT2D eigenvalue weighted by Crippen LogP contribution is -2.09. The number of ether oxygens (including phenoxy) is 1. The summed E-state index contributed by atoms with van der Waals surface area (Å²) in [7, 11) is 0. The largest absolute Gasteiger partial charge is 0.462 e. The van der Waals surface area contributed by atoms with E-state index >= 15 is 0 Å². The number of nitrogen functional groups attached to an aromatic ring is 1. The average molecular weight is 349 g/mol. The van der Waals surface area contributed by atoms with E-state index in [1.807, 2.05) is 25.1 Å². The highest BCUT2D eigenvalue weighted by Crippen LogP contribution is 2.27. The maximum Gasteiger partial charge on any atom is 0.340 e. The zero-order valence-electron chi connectivity index (χ0n) is 11.9. The second kappa shape index (κ2) is 6.63. The maximum atomic E-state index is 12.0. The van der Waals surface area contributed by atoms with Gasteiger partial charge in [-0.2, -0.15) is 0 Å². The minimum absolute atomic E-state index is 0.324. The van der Waals surface area contributed by atoms with Gasteiger partial charge in [-0.1, -0.05) is 15.9 Å². The number of carbonyl (C=O) groups excluding carboxylic acids is 1. The Hall–Kier alpha value is -2.01. The summed E-state index contributed by atoms with van der Waals surface area (Å²) in [6.45, 7) is 4.09. The number of aryl methyl sites for hydroxylation is 1. The summed E-state index contributed by atoms with van der Waals surface area (Å²) >= 11 is 3.43. The monoisotopic (exact) mass is 348 g/mol. The Morgan fingerprint density at radius 2 is 1.95 bits per heavy atom. The zero-order valence-corrected chi connectivity index (χ0v) is 13.5. The first-order valence-electron chi connectivity index (χ1n) is 6.61. The molecular weight excluding hydrogens is 332 g/mol. The van der Waals surface area contributed by atoms with Gasteiger partial charge in [0.1, 0.15) is 0 Å². The minimum atomic E-state index is -0.387. The van der Waals surface area contributed by atoms with Crippen LogP contribution in [-0.4, -0.2) is 12.6 Å². The van der Waals surface area contributed by atoms with Gasteiger partial charge in [0.25, 0.3) is 0 Å². The van der Waals surface area contributed by atoms with E-state index in [0.29, 0.717) is 23.5 Å². The molecular formula is C16H17BrN2O2. The van der Waals surface area contributed by atoms with Crippen LogP contribution in [0.4, 0.5) is 17.1 Å². The van der Waals surface area contributed by atoms with Gasteiger partial charge in [0, 0.05) is 15.8 Å². The van der Waals surface area contributed by atoms with Crippen molar-refractivity contribution in [1.82, 2.24) is 0 Å². The summed E-state index contributed by atoms with van der Waals surface area (Å²) in [5.41, 5.74) is 9.38. The van der Waals surface area contributed by atoms with Crippen LogP contribution >= 0.6 is 15.9 Å². The smallest absolute Gasteiger partial charge is 0.340 e. The fraction of sp³-hybridized carbons (Fsp3) is 0.188. The molecule has 3 N–H and O–H groups in total. The van der Waals surface area contributed by atoms with Crippen LogP contribution < -0.4 is 11.1 Å². The number of rotatable bonds is 4. The zero-order chi connectivity index (χ0) is 15.4. The van der Waals surface area contributed by atoms with Crippen molar-refractivity contribution in [2.45, 2.75) is 13.8 Å². The summed E-state index contributed by atoms with van der Waals surface area (Å²) in [6.07, 6.45) is 0. The number of nitrogens with one attached hydrogen (secondary N) is 1. The second-order valence-electron chi connectivity index (χ2n) is 4.61. The minimum Gasteiger partial charge on any atom is -0.462 e. The Balaban J connectivity index is 2.37. The lowest BCUT2D eigenvalue weighted by molar-refractivity contribution is 0.0527. The number of nitrogens with two attached hydrogens (primary N) is 1. The summed E-state index contributed by atoms with van der Waals surface area (Å²) in [6, 6.07) is 11.0. The Kier molecular flexibility index (Phi) is 4.85. The van der Waals surface area contributed by atoms with Crippen LogP contribution in [0.5, 0.6) is 0 Å². The van der Waals surface area contributed by atoms with Crippen molar-refractivity contribution in [1.29, 1.82) is 0 Å². The van der Waals surface area contributed by atoms with Crippen LogP contribution in [0.15, 0.2) is 40.9 Å². The quantitative estimate of drug-likeness (QED) is 0.639. The van der Waals surface area contributed by atoms with Gasteiger partial charge < -0.3 is 15.8 Å². The lowest BCUT2D eigenvalue weighted by atomic mass is 10.1. The van der Waals surface area contributed by atoms with E-state index in [1.165, 1.54) is 0 Å². The Morgan fingerprint density at radius 3 is 2.62 bits per heavy atom. The van der Waals surface area contributed by atoms with Gasteiger partial charge in [-0.25, -0.2) is 4.79 Å². The van der Waals surface area contributed by atoms with Crippen LogP contribution in [0.1, 0.15) is 22.8 Å². The van der Waals surface area contributed by atoms with Crippen molar-refractivity contribution in [3.05, 3.63) is 52.0 Å². The van der Waals surface area contributed by atoms with E-state index in [9.17, 15) is 4.79 Å². The van der Waals surface area contributed by atoms with E-state index in [0.717, 1.165) is 15.7 Å². The molecule has 0 atom stereocenters. The molecule has 5 heteroatoms. The normalized spacial score (nSPS) is 10.2. The molecule has 0 spiro atoms. The van der Waals surface area contributed by atoms with Crippen LogP contribution in [-0.2, 0) is 4.74 Å². The second-order valence-corrected chi connectivity index (χ2v) is 5.53. The molecule has 2 aromatic rings. The summed E-state index contributed by atoms with van der Waals surface area (Å²) in [4.78, 5) is 12.0. The highest BCUT2D eigenvalue weighted by Gasteiger charge is 2.14. The highest BCUT2D eigenvalue weighted by molar-refractivity contribution is 9.10. The van der Waals surface area contributed by atoms with Gasteiger partial charge >= 0.3 is 5.97 Å². The highest BCUT2D eigenvalue weighted by atomic mass is 79.9. The topological polar surface area (TPSA) is 64.3 Å². The number of halogens is 1. The fourth-order valence-electron chi connectivity index (χ4n) is 1.96. The molecule has 0 radical (unpaired) electrons. The van der Waals surface area contributed by atoms with E-state index in [4.69, 9.17) is 10.5 Å². The van der Waals surface area contributed by atoms with Crippen molar-refractivity contribution in [3.8, 4) is 0 Å². The van der Waals surface area contributed by atoms with Crippen LogP contribution in [0, 0.1) is 6.92 Å². The van der Waals surface area contributed by atoms with Gasteiger partial charge in [0.05, 0.1) is 17.9 Å². The molecule has 4 nitrogen and oxygen atoms in total. The standard InChI is InChI=1S/C16H17BrN2O2/c1-3-21-16(20)13-9-12(18)5-7-15(13)19-14-6-4-11(17)8-10(14)2/h4-9,19H,3,18H2,1-2H3. The predicted octanol–water partition coefficient (Wildman–Crippen LogP) is 4.26. The van der Waals surface area contributed by atoms with Gasteiger partial charge in [0.2, 0.25) is 0 Å². The molecule has 0 fully saturated rings. The maximum absolute atomic E-state index is 12.0. The molecule has 0 aliphatic heterocycles. The molecule has 110 valence electrons. The average Bonchev–Trinajstić information content (AvgIpc) is 2.43. The van der Waals surface area contributed by atoms with Crippen LogP contribution in [0.2, 0.25) is 0 Å². The Labute approximate surface area is 132 Å². The van der Waals surface area contributed by atoms with Crippen molar-refractivity contribution < 1.29 is 9.53 Å². The molecule has 0 unspecified atom stereocenters. The third-order valence-electron chi connectivity index (χ3n) is 3.00. The number of anilines is 3. The summed E-state index contributed by atoms with van der Waals surface area (Å²) in [5, 5.41) is 3.26. The third-order valence-corrected chi connectivity index (χ3v) is 3.49. The number of hydrogen-bond acceptors (Lipinski definition) is 4. The van der Waals surface area contributed by atoms with Crippen molar-refractivity contribution in [2.75, 3.05) is 17.7 Å². The molecule has 0 bridgehead atoms. The molecule has 0 amide bonds. The fourth-order valence-corrected chi connectivity index (χ4v) is 2.44. The molecule has 0 aliphatic carbocycles. The first-order valence-corrected chi connectivity index (χ1v) is 7.40. The number of esters is 1. The van der Waals surface area contributed by atoms with Crippen molar-refractivity contribution in [2.24, 2.45) is 0 Å². The molecule has 2 rings (SSSR count). The lowest BCUT2D eigenvalue weighted by Gasteiger charge is -2.14. The van der Waals surface area contributed by atoms with Crippen molar-refractivity contribution in [3.63, 3.8) is 0 Å². The molecule has 0 saturated heterocycles. The molecule has 2 aromatic carbocycles. The summed E-state index contributed by atoms with van der Waals surface area (Å²) < 4.78 is 6.08. The molecule has 0 aromatic heterocycles. The van der Waals surface area contributed by atoms with Crippen molar-refractivity contribution >= 4 is 39.0 Å². The van der Waals surface area contributed by atoms with E-state index in [-0.39, 0.29) is 5.97 Å². The first-order chi connectivity index (χ1) is 10.0. The first kappa shape index (κ1) is 15.4. The number of benzene rings is 2. The van der Waals surface area contributed by atoms with Gasteiger partial charge in [-0.05, 0) is 55.8 Å². The van der Waals surface area contributed by atoms with Gasteiger partial charge in [-0.3, -0.25) is 0 Å². The number of carbonyl (C=O) groups is 1. The Morgan fingerprint density at radius 1 is 1.24 bits per heavy atom. The van der Waals surface area contributed by atoms with E-state index < -0.39 is 0 Å². The van der Waals surface area contributed by atoms with Gasteiger partial charge in [-0.15, -0.1) is 0 Å². The SMILES string of the molecule is CCOC(=O)c1cc(N)ccc1Nc1ccc(Br)cc1C. The molecule has 21 heavy (non-hydrogen) atoms. The van der Waals surface area contributed by atoms with Gasteiger partial charge in [0.15, 0.2) is 0 Å². The van der Waals surface area contributed by atoms with Crippen LogP contribution in [0.25, 0.3) is 0 Å². The molecule has 0 aliphatic rings. The van der Waals surface area contributed by atoms with E-state index in [1.54, 1.807) is 25.1 Å². The molecule has 0 heterocycles. The third kappa shape index (κ3) is 3.76. The molecule has 0 saturated carbocycles. The van der Waals surface area contributed by atoms with Crippen LogP contribution in [0.3, 0.4) is 0 Å². The van der Waals surface area contributed by atoms with E-state index in [2.05, 4.69) is 21.2 Å². The Bertz CT molecular complexity index is 671. The predicted molar refractivity (Wildman–Crippen MR) is 89.0 cm³/mol. The summed E-state index contributed by atoms with van der Waals surface area (Å²) in [5.74, 6) is -0.387. The number of hydrogen-bond donors (Lipinski definition) is 2.